The van der Waals surface area contributed by atoms with Crippen molar-refractivity contribution in [2.45, 2.75) is 64.3 Å². The molecule has 2 amide bonds. The van der Waals surface area contributed by atoms with Crippen molar-refractivity contribution in [3.05, 3.63) is 71.8 Å². The van der Waals surface area contributed by atoms with Gasteiger partial charge in [0, 0.05) is 19.3 Å². The number of Topliss-reactive ketones (excluding diaryl/α,β-unsaturated/α-hetero) is 1. The van der Waals surface area contributed by atoms with Gasteiger partial charge in [-0.05, 0) is 31.9 Å². The van der Waals surface area contributed by atoms with Gasteiger partial charge in [-0.15, -0.1) is 0 Å². The van der Waals surface area contributed by atoms with Crippen molar-refractivity contribution in [1.82, 2.24) is 5.32 Å². The molecule has 1 saturated heterocycles. The number of likely N-dealkylation sites (tertiary alicyclic amines) is 1. The summed E-state index contributed by atoms with van der Waals surface area (Å²) in [5.74, 6) is -0.515. The zero-order valence-electron chi connectivity index (χ0n) is 20.3. The molecule has 34 heavy (non-hydrogen) atoms. The Kier molecular flexibility index (Phi) is 8.10. The minimum Gasteiger partial charge on any atom is -0.445 e. The lowest BCUT2D eigenvalue weighted by Crippen LogP contribution is -2.68. The van der Waals surface area contributed by atoms with Crippen molar-refractivity contribution in [2.75, 3.05) is 13.1 Å². The Morgan fingerprint density at radius 1 is 1.03 bits per heavy atom. The van der Waals surface area contributed by atoms with Crippen LogP contribution in [0.25, 0.3) is 0 Å². The van der Waals surface area contributed by atoms with Gasteiger partial charge in [-0.2, -0.15) is 0 Å². The Bertz CT molecular complexity index is 988. The first-order valence-corrected chi connectivity index (χ1v) is 11.8. The van der Waals surface area contributed by atoms with E-state index in [9.17, 15) is 14.4 Å². The second-order valence-corrected chi connectivity index (χ2v) is 10.1. The molecule has 1 heterocycles. The van der Waals surface area contributed by atoms with Gasteiger partial charge in [-0.3, -0.25) is 9.59 Å². The molecule has 2 aromatic carbocycles. The maximum atomic E-state index is 13.7. The van der Waals surface area contributed by atoms with Gasteiger partial charge in [0.2, 0.25) is 5.78 Å². The number of hydrogen-bond donors (Lipinski definition) is 2. The fourth-order valence-electron chi connectivity index (χ4n) is 4.98. The fourth-order valence-corrected chi connectivity index (χ4v) is 4.98. The summed E-state index contributed by atoms with van der Waals surface area (Å²) in [6.07, 6.45) is 1.18. The number of quaternary nitrogens is 1. The quantitative estimate of drug-likeness (QED) is 0.554. The first-order chi connectivity index (χ1) is 16.1. The summed E-state index contributed by atoms with van der Waals surface area (Å²) >= 11 is 0. The highest BCUT2D eigenvalue weighted by molar-refractivity contribution is 5.89. The summed E-state index contributed by atoms with van der Waals surface area (Å²) in [6.45, 7) is 7.04. The van der Waals surface area contributed by atoms with Gasteiger partial charge in [-0.25, -0.2) is 4.79 Å². The van der Waals surface area contributed by atoms with Crippen LogP contribution in [0.4, 0.5) is 4.79 Å². The summed E-state index contributed by atoms with van der Waals surface area (Å²) < 4.78 is 5.69. The van der Waals surface area contributed by atoms with Crippen LogP contribution in [0.15, 0.2) is 60.7 Å². The Morgan fingerprint density at radius 2 is 1.62 bits per heavy atom. The number of carbonyl (C=O) groups is 3. The molecule has 1 aliphatic heterocycles. The molecule has 0 saturated carbocycles. The molecule has 7 nitrogen and oxygen atoms in total. The maximum Gasteiger partial charge on any atom is 0.408 e. The Balaban J connectivity index is 1.79. The molecular weight excluding hydrogens is 430 g/mol. The number of primary amides is 1. The number of carbonyl (C=O) groups excluding carboxylic acids is 3. The van der Waals surface area contributed by atoms with Crippen molar-refractivity contribution in [1.29, 1.82) is 0 Å². The molecule has 2 aromatic rings. The maximum absolute atomic E-state index is 13.7. The molecule has 182 valence electrons. The van der Waals surface area contributed by atoms with Gasteiger partial charge in [0.15, 0.2) is 6.04 Å². The van der Waals surface area contributed by atoms with Crippen LogP contribution in [0.3, 0.4) is 0 Å². The molecule has 7 heteroatoms. The largest absolute Gasteiger partial charge is 0.445 e. The molecule has 0 bridgehead atoms. The zero-order valence-corrected chi connectivity index (χ0v) is 20.3. The molecule has 3 rings (SSSR count). The topological polar surface area (TPSA) is 98.5 Å². The number of nitrogens with two attached hydrogens (primary N) is 1. The molecule has 0 aliphatic carbocycles. The second-order valence-electron chi connectivity index (χ2n) is 10.1. The van der Waals surface area contributed by atoms with Crippen LogP contribution in [0.1, 0.15) is 44.7 Å². The van der Waals surface area contributed by atoms with E-state index in [2.05, 4.69) is 5.32 Å². The number of nitrogens with one attached hydrogen (secondary N) is 1. The van der Waals surface area contributed by atoms with E-state index in [1.54, 1.807) is 0 Å². The van der Waals surface area contributed by atoms with Gasteiger partial charge >= 0.3 is 6.09 Å². The van der Waals surface area contributed by atoms with Crippen LogP contribution < -0.4 is 11.1 Å². The van der Waals surface area contributed by atoms with Gasteiger partial charge in [-0.1, -0.05) is 60.7 Å². The first kappa shape index (κ1) is 25.4. The number of alkyl carbamates (subject to hydrolysis) is 1. The van der Waals surface area contributed by atoms with Crippen LogP contribution in [0.5, 0.6) is 0 Å². The van der Waals surface area contributed by atoms with E-state index in [0.717, 1.165) is 17.5 Å². The molecule has 0 radical (unpaired) electrons. The lowest BCUT2D eigenvalue weighted by Gasteiger charge is -2.49. The van der Waals surface area contributed by atoms with E-state index < -0.39 is 18.2 Å². The van der Waals surface area contributed by atoms with Crippen LogP contribution in [-0.4, -0.2) is 53.0 Å². The van der Waals surface area contributed by atoms with E-state index in [1.165, 1.54) is 0 Å². The highest BCUT2D eigenvalue weighted by Crippen LogP contribution is 2.36. The van der Waals surface area contributed by atoms with Crippen LogP contribution in [-0.2, 0) is 27.4 Å². The molecule has 1 unspecified atom stereocenters. The van der Waals surface area contributed by atoms with Gasteiger partial charge in [0.1, 0.15) is 19.2 Å². The lowest BCUT2D eigenvalue weighted by atomic mass is 9.95. The Labute approximate surface area is 201 Å². The molecule has 1 aliphatic rings. The van der Waals surface area contributed by atoms with Crippen LogP contribution >= 0.6 is 0 Å². The molecule has 0 aromatic heterocycles. The van der Waals surface area contributed by atoms with Crippen molar-refractivity contribution in [3.8, 4) is 0 Å². The predicted octanol–water partition coefficient (Wildman–Crippen LogP) is 3.36. The third-order valence-corrected chi connectivity index (χ3v) is 6.91. The van der Waals surface area contributed by atoms with Crippen LogP contribution in [0.2, 0.25) is 0 Å². The van der Waals surface area contributed by atoms with Crippen LogP contribution in [0, 0.1) is 0 Å². The minimum absolute atomic E-state index is 0.116. The lowest BCUT2D eigenvalue weighted by molar-refractivity contribution is -0.966. The van der Waals surface area contributed by atoms with Gasteiger partial charge in [0.25, 0.3) is 5.91 Å². The highest BCUT2D eigenvalue weighted by atomic mass is 16.5. The highest BCUT2D eigenvalue weighted by Gasteiger charge is 2.54. The third-order valence-electron chi connectivity index (χ3n) is 6.91. The normalized spacial score (nSPS) is 21.0. The third kappa shape index (κ3) is 6.03. The van der Waals surface area contributed by atoms with E-state index in [-0.39, 0.29) is 30.4 Å². The number of rotatable bonds is 9. The zero-order chi connectivity index (χ0) is 24.8. The molecule has 1 fully saturated rings. The molecule has 3 N–H and O–H groups in total. The van der Waals surface area contributed by atoms with Crippen molar-refractivity contribution in [2.24, 2.45) is 5.73 Å². The van der Waals surface area contributed by atoms with Gasteiger partial charge in [0.05, 0.1) is 12.1 Å². The van der Waals surface area contributed by atoms with Crippen molar-refractivity contribution in [3.63, 3.8) is 0 Å². The number of ketones is 1. The average Bonchev–Trinajstić information content (AvgIpc) is 3.24. The standard InChI is InChI=1S/C27H35N3O4/c1-27(2,3)30(16-10-15-23(30)25(28)32)18-24(31)22(17-20-11-6-4-7-12-20)29-26(33)34-19-21-13-8-5-9-14-21/h4-9,11-14,22-23H,10,15-19H2,1-3H3,(H2-,28,29,32,33)/p+1/t22-,23-,30?/m0/s1. The number of ether oxygens (including phenoxy) is 1. The number of benzene rings is 2. The molecule has 0 spiro atoms. The predicted molar refractivity (Wildman–Crippen MR) is 131 cm³/mol. The SMILES string of the molecule is CC(C)(C)[N+]1(CC(=O)[C@H](Cc2ccccc2)NC(=O)OCc2ccccc2)CCC[C@H]1C(N)=O. The summed E-state index contributed by atoms with van der Waals surface area (Å²) in [6, 6.07) is 17.7. The summed E-state index contributed by atoms with van der Waals surface area (Å²) in [5, 5.41) is 2.79. The number of nitrogens with zero attached hydrogens (tertiary/aromatic N) is 1. The summed E-state index contributed by atoms with van der Waals surface area (Å²) in [7, 11) is 0. The molecular formula is C27H36N3O4+. The Hall–Kier alpha value is -3.19. The fraction of sp³-hybridized carbons (Fsp3) is 0.444. The Morgan fingerprint density at radius 3 is 2.18 bits per heavy atom. The number of hydrogen-bond acceptors (Lipinski definition) is 4. The van der Waals surface area contributed by atoms with E-state index in [0.29, 0.717) is 23.9 Å². The summed E-state index contributed by atoms with van der Waals surface area (Å²) in [4.78, 5) is 38.6. The minimum atomic E-state index is -0.780. The van der Waals surface area contributed by atoms with E-state index in [4.69, 9.17) is 10.5 Å². The summed E-state index contributed by atoms with van der Waals surface area (Å²) in [5.41, 5.74) is 7.19. The number of amides is 2. The van der Waals surface area contributed by atoms with Gasteiger partial charge < -0.3 is 20.3 Å². The van der Waals surface area contributed by atoms with E-state index in [1.807, 2.05) is 81.4 Å². The average molecular weight is 467 g/mol. The monoisotopic (exact) mass is 466 g/mol. The van der Waals surface area contributed by atoms with Crippen molar-refractivity contribution >= 4 is 17.8 Å². The smallest absolute Gasteiger partial charge is 0.408 e. The van der Waals surface area contributed by atoms with Crippen molar-refractivity contribution < 1.29 is 23.6 Å². The first-order valence-electron chi connectivity index (χ1n) is 11.8. The second kappa shape index (κ2) is 10.8. The molecule has 3 atom stereocenters. The van der Waals surface area contributed by atoms with E-state index >= 15 is 0 Å².